The van der Waals surface area contributed by atoms with Gasteiger partial charge in [-0.15, -0.1) is 0 Å². The molecule has 0 heterocycles. The first-order valence-electron chi connectivity index (χ1n) is 10.4. The number of carboxylic acid groups (broad SMARTS) is 5. The minimum atomic E-state index is -1.91. The van der Waals surface area contributed by atoms with Gasteiger partial charge in [-0.05, 0) is 19.3 Å². The summed E-state index contributed by atoms with van der Waals surface area (Å²) in [6, 6.07) is -6.58. The summed E-state index contributed by atoms with van der Waals surface area (Å²) in [5, 5.41) is 50.4. The van der Waals surface area contributed by atoms with Crippen LogP contribution in [0.5, 0.6) is 0 Å². The Morgan fingerprint density at radius 1 is 0.528 bits per heavy atom. The topological polar surface area (TPSA) is 300 Å². The maximum atomic E-state index is 12.7. The Balaban J connectivity index is 5.64. The number of rotatable bonds is 18. The summed E-state index contributed by atoms with van der Waals surface area (Å²) in [7, 11) is 0. The molecule has 3 amide bonds. The molecule has 17 nitrogen and oxygen atoms in total. The molecule has 0 aliphatic rings. The van der Waals surface area contributed by atoms with Gasteiger partial charge in [0.25, 0.3) is 0 Å². The normalized spacial score (nSPS) is 13.8. The van der Waals surface area contributed by atoms with Gasteiger partial charge >= 0.3 is 29.8 Å². The van der Waals surface area contributed by atoms with Crippen LogP contribution in [0.2, 0.25) is 0 Å². The summed E-state index contributed by atoms with van der Waals surface area (Å²) in [4.78, 5) is 92.1. The number of nitrogens with two attached hydrogens (primary N) is 1. The SMILES string of the molecule is N[C@@H](CCC(=O)O)C(=O)N[C@@H](CCC(=O)O)C(=O)N[C@@H](CCC(=O)O)C(=O)N[C@@H](CC(=O)O)C(=O)O. The lowest BCUT2D eigenvalue weighted by atomic mass is 10.1. The monoisotopic (exact) mass is 520 g/mol. The van der Waals surface area contributed by atoms with Gasteiger partial charge < -0.3 is 47.2 Å². The molecule has 0 unspecified atom stereocenters. The molecule has 0 aromatic carbocycles. The van der Waals surface area contributed by atoms with Gasteiger partial charge in [0.1, 0.15) is 18.1 Å². The summed E-state index contributed by atoms with van der Waals surface area (Å²) < 4.78 is 0. The van der Waals surface area contributed by atoms with Crippen LogP contribution in [0.4, 0.5) is 0 Å². The van der Waals surface area contributed by atoms with Crippen LogP contribution in [0.25, 0.3) is 0 Å². The van der Waals surface area contributed by atoms with Crippen LogP contribution in [0, 0.1) is 0 Å². The zero-order valence-corrected chi connectivity index (χ0v) is 18.8. The van der Waals surface area contributed by atoms with E-state index in [4.69, 9.17) is 31.3 Å². The number of hydrogen-bond acceptors (Lipinski definition) is 9. The Morgan fingerprint density at radius 2 is 0.889 bits per heavy atom. The van der Waals surface area contributed by atoms with E-state index < -0.39 is 110 Å². The number of nitrogens with one attached hydrogen (secondary N) is 3. The molecule has 0 saturated heterocycles. The van der Waals surface area contributed by atoms with Crippen molar-refractivity contribution in [3.05, 3.63) is 0 Å². The third kappa shape index (κ3) is 13.4. The smallest absolute Gasteiger partial charge is 0.326 e. The number of hydrogen-bond donors (Lipinski definition) is 9. The van der Waals surface area contributed by atoms with Crippen molar-refractivity contribution in [1.29, 1.82) is 0 Å². The molecule has 0 aliphatic carbocycles. The molecule has 0 aliphatic heterocycles. The predicted octanol–water partition coefficient (Wildman–Crippen LogP) is -3.08. The fourth-order valence-corrected chi connectivity index (χ4v) is 2.68. The lowest BCUT2D eigenvalue weighted by Gasteiger charge is -2.24. The van der Waals surface area contributed by atoms with Gasteiger partial charge in [-0.25, -0.2) is 4.79 Å². The van der Waals surface area contributed by atoms with Crippen LogP contribution in [0.3, 0.4) is 0 Å². The molecule has 36 heavy (non-hydrogen) atoms. The largest absolute Gasteiger partial charge is 0.481 e. The van der Waals surface area contributed by atoms with Crippen LogP contribution in [-0.4, -0.2) is 97.3 Å². The maximum absolute atomic E-state index is 12.7. The molecule has 10 N–H and O–H groups in total. The zero-order valence-electron chi connectivity index (χ0n) is 18.8. The molecule has 17 heteroatoms. The van der Waals surface area contributed by atoms with Gasteiger partial charge in [-0.2, -0.15) is 0 Å². The van der Waals surface area contributed by atoms with Crippen molar-refractivity contribution in [1.82, 2.24) is 16.0 Å². The van der Waals surface area contributed by atoms with Crippen molar-refractivity contribution in [2.75, 3.05) is 0 Å². The first-order chi connectivity index (χ1) is 16.6. The molecular formula is C19H28N4O13. The van der Waals surface area contributed by atoms with Gasteiger partial charge in [-0.1, -0.05) is 0 Å². The van der Waals surface area contributed by atoms with Crippen LogP contribution in [0.1, 0.15) is 44.9 Å². The Labute approximate surface area is 203 Å². The van der Waals surface area contributed by atoms with E-state index in [-0.39, 0.29) is 6.42 Å². The maximum Gasteiger partial charge on any atom is 0.326 e. The van der Waals surface area contributed by atoms with Crippen LogP contribution in [0.15, 0.2) is 0 Å². The van der Waals surface area contributed by atoms with Crippen molar-refractivity contribution >= 4 is 47.6 Å². The Bertz CT molecular complexity index is 875. The van der Waals surface area contributed by atoms with Crippen molar-refractivity contribution in [3.63, 3.8) is 0 Å². The Morgan fingerprint density at radius 3 is 1.25 bits per heavy atom. The molecule has 0 fully saturated rings. The number of carboxylic acids is 5. The quantitative estimate of drug-likeness (QED) is 0.0866. The number of aliphatic carboxylic acids is 5. The van der Waals surface area contributed by atoms with Crippen molar-refractivity contribution in [2.24, 2.45) is 5.73 Å². The van der Waals surface area contributed by atoms with Crippen LogP contribution < -0.4 is 21.7 Å². The molecule has 0 saturated carbocycles. The summed E-state index contributed by atoms with van der Waals surface area (Å²) in [6.45, 7) is 0. The number of carbonyl (C=O) groups excluding carboxylic acids is 3. The minimum absolute atomic E-state index is 0.307. The second-order valence-corrected chi connectivity index (χ2v) is 7.52. The van der Waals surface area contributed by atoms with Crippen molar-refractivity contribution in [2.45, 2.75) is 69.1 Å². The summed E-state index contributed by atoms with van der Waals surface area (Å²) in [5.41, 5.74) is 5.57. The highest BCUT2D eigenvalue weighted by atomic mass is 16.4. The molecular weight excluding hydrogens is 492 g/mol. The van der Waals surface area contributed by atoms with E-state index in [9.17, 15) is 38.4 Å². The average Bonchev–Trinajstić information content (AvgIpc) is 2.75. The van der Waals surface area contributed by atoms with E-state index >= 15 is 0 Å². The van der Waals surface area contributed by atoms with E-state index in [1.54, 1.807) is 0 Å². The van der Waals surface area contributed by atoms with Gasteiger partial charge in [-0.3, -0.25) is 33.6 Å². The third-order valence-electron chi connectivity index (χ3n) is 4.56. The van der Waals surface area contributed by atoms with E-state index in [1.165, 1.54) is 0 Å². The fraction of sp³-hybridized carbons (Fsp3) is 0.579. The van der Waals surface area contributed by atoms with E-state index in [1.807, 2.05) is 5.32 Å². The van der Waals surface area contributed by atoms with Gasteiger partial charge in [0.05, 0.1) is 12.5 Å². The molecule has 0 spiro atoms. The molecule has 0 rings (SSSR count). The predicted molar refractivity (Wildman–Crippen MR) is 114 cm³/mol. The standard InChI is InChI=1S/C19H28N4O13/c20-8(1-4-12(24)25)16(32)21-9(2-5-13(26)27)17(33)22-10(3-6-14(28)29)18(34)23-11(19(35)36)7-15(30)31/h8-11H,1-7,20H2,(H,21,32)(H,22,33)(H,23,34)(H,24,25)(H,26,27)(H,28,29)(H,30,31)(H,35,36)/t8-,9-,10-,11-/m0/s1. The molecule has 0 aromatic rings. The third-order valence-corrected chi connectivity index (χ3v) is 4.56. The van der Waals surface area contributed by atoms with Gasteiger partial charge in [0.2, 0.25) is 17.7 Å². The highest BCUT2D eigenvalue weighted by Gasteiger charge is 2.31. The fourth-order valence-electron chi connectivity index (χ4n) is 2.68. The molecule has 0 aromatic heterocycles. The minimum Gasteiger partial charge on any atom is -0.481 e. The summed E-state index contributed by atoms with van der Waals surface area (Å²) >= 11 is 0. The second-order valence-electron chi connectivity index (χ2n) is 7.52. The number of carbonyl (C=O) groups is 8. The summed E-state index contributed by atoms with van der Waals surface area (Å²) in [5.74, 6) is -10.6. The van der Waals surface area contributed by atoms with Crippen molar-refractivity contribution < 1.29 is 63.9 Å². The van der Waals surface area contributed by atoms with Gasteiger partial charge in [0.15, 0.2) is 0 Å². The first-order valence-corrected chi connectivity index (χ1v) is 10.4. The molecule has 0 radical (unpaired) electrons. The zero-order chi connectivity index (χ0) is 28.0. The molecule has 0 bridgehead atoms. The average molecular weight is 520 g/mol. The van der Waals surface area contributed by atoms with E-state index in [2.05, 4.69) is 10.6 Å². The second kappa shape index (κ2) is 15.6. The molecule has 202 valence electrons. The molecule has 4 atom stereocenters. The van der Waals surface area contributed by atoms with E-state index in [0.717, 1.165) is 0 Å². The highest BCUT2D eigenvalue weighted by Crippen LogP contribution is 2.06. The Kier molecular flexibility index (Phi) is 13.7. The van der Waals surface area contributed by atoms with Crippen LogP contribution >= 0.6 is 0 Å². The van der Waals surface area contributed by atoms with E-state index in [0.29, 0.717) is 0 Å². The van der Waals surface area contributed by atoms with Crippen molar-refractivity contribution in [3.8, 4) is 0 Å². The summed E-state index contributed by atoms with van der Waals surface area (Å²) in [6.07, 6.45) is -4.17. The highest BCUT2D eigenvalue weighted by molar-refractivity contribution is 5.95. The lowest BCUT2D eigenvalue weighted by Crippen LogP contribution is -2.57. The Hall–Kier alpha value is -4.28. The van der Waals surface area contributed by atoms with Crippen LogP contribution in [-0.2, 0) is 38.4 Å². The first kappa shape index (κ1) is 31.7. The van der Waals surface area contributed by atoms with Gasteiger partial charge in [0, 0.05) is 19.3 Å². The lowest BCUT2D eigenvalue weighted by molar-refractivity contribution is -0.147. The number of amides is 3.